The molecule has 0 saturated heterocycles. The van der Waals surface area contributed by atoms with Gasteiger partial charge in [-0.25, -0.2) is 9.37 Å². The highest BCUT2D eigenvalue weighted by Crippen LogP contribution is 2.28. The molecule has 0 fully saturated rings. The van der Waals surface area contributed by atoms with Crippen molar-refractivity contribution in [3.8, 4) is 10.6 Å². The van der Waals surface area contributed by atoms with Crippen molar-refractivity contribution in [2.75, 3.05) is 0 Å². The number of nitrogens with zero attached hydrogens (tertiary/aromatic N) is 1. The van der Waals surface area contributed by atoms with Crippen LogP contribution in [0.5, 0.6) is 0 Å². The molecule has 2 aromatic heterocycles. The molecule has 118 valence electrons. The van der Waals surface area contributed by atoms with Crippen LogP contribution in [0.3, 0.4) is 0 Å². The highest BCUT2D eigenvalue weighted by atomic mass is 32.1. The molecule has 0 unspecified atom stereocenters. The molecule has 0 bridgehead atoms. The quantitative estimate of drug-likeness (QED) is 0.753. The largest absolute Gasteiger partial charge is 0.351 e. The van der Waals surface area contributed by atoms with Gasteiger partial charge in [0.2, 0.25) is 5.91 Å². The van der Waals surface area contributed by atoms with Crippen molar-refractivity contribution in [3.05, 3.63) is 63.0 Å². The van der Waals surface area contributed by atoms with Crippen LogP contribution >= 0.6 is 22.7 Å². The van der Waals surface area contributed by atoms with Crippen molar-refractivity contribution in [1.29, 1.82) is 0 Å². The molecule has 0 aliphatic carbocycles. The second-order valence-corrected chi connectivity index (χ2v) is 7.33. The maximum absolute atomic E-state index is 13.1. The van der Waals surface area contributed by atoms with Gasteiger partial charge in [-0.2, -0.15) is 0 Å². The van der Waals surface area contributed by atoms with Gasteiger partial charge in [-0.3, -0.25) is 4.79 Å². The molecule has 3 aromatic rings. The van der Waals surface area contributed by atoms with Crippen LogP contribution in [0.2, 0.25) is 0 Å². The third kappa shape index (κ3) is 4.24. The summed E-state index contributed by atoms with van der Waals surface area (Å²) in [5, 5.41) is 5.94. The van der Waals surface area contributed by atoms with Gasteiger partial charge >= 0.3 is 0 Å². The van der Waals surface area contributed by atoms with Gasteiger partial charge in [0, 0.05) is 10.3 Å². The number of amides is 1. The summed E-state index contributed by atoms with van der Waals surface area (Å²) in [4.78, 5) is 18.6. The van der Waals surface area contributed by atoms with E-state index >= 15 is 0 Å². The van der Waals surface area contributed by atoms with Crippen LogP contribution in [-0.2, 0) is 17.8 Å². The molecule has 0 aliphatic heterocycles. The minimum Gasteiger partial charge on any atom is -0.351 e. The van der Waals surface area contributed by atoms with Crippen LogP contribution in [0, 0.1) is 12.7 Å². The average molecular weight is 346 g/mol. The minimum atomic E-state index is -0.322. The number of nitrogens with one attached hydrogen (secondary N) is 1. The number of hydrogen-bond donors (Lipinski definition) is 1. The SMILES string of the molecule is Cc1nc(-c2ccc(CNC(=O)Cc3cccc(F)c3)s2)cs1. The summed E-state index contributed by atoms with van der Waals surface area (Å²) in [5.74, 6) is -0.438. The number of carbonyl (C=O) groups is 1. The first-order valence-electron chi connectivity index (χ1n) is 7.12. The Morgan fingerprint density at radius 3 is 2.91 bits per heavy atom. The first-order valence-corrected chi connectivity index (χ1v) is 8.82. The number of rotatable bonds is 5. The van der Waals surface area contributed by atoms with E-state index in [9.17, 15) is 9.18 Å². The van der Waals surface area contributed by atoms with Crippen molar-refractivity contribution in [2.24, 2.45) is 0 Å². The van der Waals surface area contributed by atoms with Crippen LogP contribution < -0.4 is 5.32 Å². The van der Waals surface area contributed by atoms with Crippen LogP contribution in [0.4, 0.5) is 4.39 Å². The van der Waals surface area contributed by atoms with Crippen molar-refractivity contribution in [2.45, 2.75) is 19.9 Å². The van der Waals surface area contributed by atoms with Gasteiger partial charge in [-0.15, -0.1) is 22.7 Å². The van der Waals surface area contributed by atoms with E-state index in [0.29, 0.717) is 12.1 Å². The lowest BCUT2D eigenvalue weighted by molar-refractivity contribution is -0.120. The van der Waals surface area contributed by atoms with Crippen molar-refractivity contribution in [3.63, 3.8) is 0 Å². The molecule has 0 radical (unpaired) electrons. The minimum absolute atomic E-state index is 0.116. The lowest BCUT2D eigenvalue weighted by atomic mass is 10.1. The molecule has 2 heterocycles. The van der Waals surface area contributed by atoms with E-state index < -0.39 is 0 Å². The van der Waals surface area contributed by atoms with Crippen LogP contribution in [0.1, 0.15) is 15.4 Å². The van der Waals surface area contributed by atoms with E-state index in [1.165, 1.54) is 12.1 Å². The number of benzene rings is 1. The first kappa shape index (κ1) is 15.8. The van der Waals surface area contributed by atoms with E-state index in [1.807, 2.05) is 24.4 Å². The van der Waals surface area contributed by atoms with E-state index in [1.54, 1.807) is 34.8 Å². The number of aromatic nitrogens is 1. The molecule has 0 spiro atoms. The number of carbonyl (C=O) groups excluding carboxylic acids is 1. The fourth-order valence-electron chi connectivity index (χ4n) is 2.17. The zero-order chi connectivity index (χ0) is 16.2. The molecule has 1 N–H and O–H groups in total. The van der Waals surface area contributed by atoms with Gasteiger partial charge in [-0.05, 0) is 36.8 Å². The van der Waals surface area contributed by atoms with Crippen LogP contribution in [0.15, 0.2) is 41.8 Å². The third-order valence-corrected chi connectivity index (χ3v) is 5.13. The van der Waals surface area contributed by atoms with Crippen LogP contribution in [0.25, 0.3) is 10.6 Å². The highest BCUT2D eigenvalue weighted by Gasteiger charge is 2.08. The smallest absolute Gasteiger partial charge is 0.224 e. The summed E-state index contributed by atoms with van der Waals surface area (Å²) in [6, 6.07) is 10.1. The van der Waals surface area contributed by atoms with Gasteiger partial charge in [-0.1, -0.05) is 12.1 Å². The summed E-state index contributed by atoms with van der Waals surface area (Å²) in [5.41, 5.74) is 1.65. The Morgan fingerprint density at radius 1 is 1.30 bits per heavy atom. The summed E-state index contributed by atoms with van der Waals surface area (Å²) in [6.45, 7) is 2.46. The maximum atomic E-state index is 13.1. The number of thiazole rings is 1. The van der Waals surface area contributed by atoms with Crippen molar-refractivity contribution in [1.82, 2.24) is 10.3 Å². The zero-order valence-electron chi connectivity index (χ0n) is 12.5. The molecular weight excluding hydrogens is 331 g/mol. The lowest BCUT2D eigenvalue weighted by Crippen LogP contribution is -2.24. The number of halogens is 1. The predicted octanol–water partition coefficient (Wildman–Crippen LogP) is 4.18. The maximum Gasteiger partial charge on any atom is 0.224 e. The summed E-state index contributed by atoms with van der Waals surface area (Å²) in [7, 11) is 0. The van der Waals surface area contributed by atoms with Gasteiger partial charge in [0.1, 0.15) is 5.82 Å². The first-order chi connectivity index (χ1) is 11.1. The lowest BCUT2D eigenvalue weighted by Gasteiger charge is -2.04. The molecule has 3 rings (SSSR count). The average Bonchev–Trinajstić information content (AvgIpc) is 3.14. The Kier molecular flexibility index (Phi) is 4.83. The second kappa shape index (κ2) is 7.02. The highest BCUT2D eigenvalue weighted by molar-refractivity contribution is 7.16. The number of thiophene rings is 1. The Hall–Kier alpha value is -2.05. The molecule has 0 aliphatic rings. The van der Waals surface area contributed by atoms with Gasteiger partial charge in [0.25, 0.3) is 0 Å². The second-order valence-electron chi connectivity index (χ2n) is 5.10. The Labute approximate surface area is 141 Å². The summed E-state index contributed by atoms with van der Waals surface area (Å²) >= 11 is 3.24. The monoisotopic (exact) mass is 346 g/mol. The summed E-state index contributed by atoms with van der Waals surface area (Å²) in [6.07, 6.45) is 0.182. The molecular formula is C17H15FN2OS2. The van der Waals surface area contributed by atoms with Gasteiger partial charge in [0.05, 0.1) is 28.5 Å². The molecule has 23 heavy (non-hydrogen) atoms. The Bertz CT molecular complexity index is 825. The van der Waals surface area contributed by atoms with E-state index in [0.717, 1.165) is 20.5 Å². The fourth-order valence-corrected chi connectivity index (χ4v) is 3.76. The Morgan fingerprint density at radius 2 is 2.17 bits per heavy atom. The molecule has 0 atom stereocenters. The number of hydrogen-bond acceptors (Lipinski definition) is 4. The summed E-state index contributed by atoms with van der Waals surface area (Å²) < 4.78 is 13.1. The van der Waals surface area contributed by atoms with E-state index in [4.69, 9.17) is 0 Å². The van der Waals surface area contributed by atoms with E-state index in [-0.39, 0.29) is 18.1 Å². The van der Waals surface area contributed by atoms with Gasteiger partial charge in [0.15, 0.2) is 0 Å². The standard InChI is InChI=1S/C17H15FN2OS2/c1-11-20-15(10-22-11)16-6-5-14(23-16)9-19-17(21)8-12-3-2-4-13(18)7-12/h2-7,10H,8-9H2,1H3,(H,19,21). The molecule has 1 amide bonds. The normalized spacial score (nSPS) is 10.7. The third-order valence-electron chi connectivity index (χ3n) is 3.25. The van der Waals surface area contributed by atoms with Crippen LogP contribution in [-0.4, -0.2) is 10.9 Å². The van der Waals surface area contributed by atoms with Crippen molar-refractivity contribution >= 4 is 28.6 Å². The molecule has 0 saturated carbocycles. The fraction of sp³-hybridized carbons (Fsp3) is 0.176. The molecule has 6 heteroatoms. The molecule has 3 nitrogen and oxygen atoms in total. The number of aryl methyl sites for hydroxylation is 1. The van der Waals surface area contributed by atoms with Gasteiger partial charge < -0.3 is 5.32 Å². The zero-order valence-corrected chi connectivity index (χ0v) is 14.1. The molecule has 1 aromatic carbocycles. The van der Waals surface area contributed by atoms with Crippen molar-refractivity contribution < 1.29 is 9.18 Å². The predicted molar refractivity (Wildman–Crippen MR) is 92.1 cm³/mol. The Balaban J connectivity index is 1.56. The van der Waals surface area contributed by atoms with E-state index in [2.05, 4.69) is 10.3 Å². The topological polar surface area (TPSA) is 42.0 Å².